The van der Waals surface area contributed by atoms with Gasteiger partial charge in [-0.2, -0.15) is 0 Å². The van der Waals surface area contributed by atoms with Crippen molar-refractivity contribution in [1.82, 2.24) is 10.3 Å². The summed E-state index contributed by atoms with van der Waals surface area (Å²) < 4.78 is 5.51. The maximum atomic E-state index is 5.51. The molecule has 0 saturated carbocycles. The Hall–Kier alpha value is -1.32. The van der Waals surface area contributed by atoms with Crippen LogP contribution in [0, 0.1) is 0 Å². The molecule has 3 heteroatoms. The van der Waals surface area contributed by atoms with Gasteiger partial charge < -0.3 is 15.0 Å². The van der Waals surface area contributed by atoms with Crippen LogP contribution in [0.5, 0.6) is 0 Å². The van der Waals surface area contributed by atoms with Gasteiger partial charge in [0.1, 0.15) is 0 Å². The first-order valence-electron chi connectivity index (χ1n) is 7.14. The number of benzene rings is 1. The number of fused-ring (bicyclic) bond motifs is 1. The van der Waals surface area contributed by atoms with E-state index in [1.165, 1.54) is 22.9 Å². The molecule has 0 fully saturated rings. The van der Waals surface area contributed by atoms with Crippen LogP contribution in [0.1, 0.15) is 32.3 Å². The van der Waals surface area contributed by atoms with Crippen LogP contribution in [0.4, 0.5) is 0 Å². The summed E-state index contributed by atoms with van der Waals surface area (Å²) in [6, 6.07) is 8.67. The molecule has 0 amide bonds. The van der Waals surface area contributed by atoms with Crippen LogP contribution in [-0.2, 0) is 11.3 Å². The van der Waals surface area contributed by atoms with Gasteiger partial charge in [-0.05, 0) is 62.4 Å². The van der Waals surface area contributed by atoms with E-state index in [4.69, 9.17) is 4.74 Å². The molecule has 0 bridgehead atoms. The highest BCUT2D eigenvalue weighted by Gasteiger charge is 1.97. The molecule has 2 aromatic rings. The Morgan fingerprint density at radius 1 is 1.21 bits per heavy atom. The number of hydrogen-bond acceptors (Lipinski definition) is 2. The van der Waals surface area contributed by atoms with Crippen molar-refractivity contribution in [2.75, 3.05) is 13.2 Å². The van der Waals surface area contributed by atoms with Crippen molar-refractivity contribution >= 4 is 10.9 Å². The van der Waals surface area contributed by atoms with E-state index in [1.807, 2.05) is 6.20 Å². The van der Waals surface area contributed by atoms with Gasteiger partial charge in [-0.15, -0.1) is 0 Å². The van der Waals surface area contributed by atoms with Crippen molar-refractivity contribution in [3.8, 4) is 0 Å². The Balaban J connectivity index is 1.62. The van der Waals surface area contributed by atoms with E-state index in [1.54, 1.807) is 0 Å². The van der Waals surface area contributed by atoms with E-state index in [9.17, 15) is 0 Å². The van der Waals surface area contributed by atoms with Crippen LogP contribution in [0.25, 0.3) is 10.9 Å². The van der Waals surface area contributed by atoms with Crippen LogP contribution < -0.4 is 5.32 Å². The molecule has 2 rings (SSSR count). The smallest absolute Gasteiger partial charge is 0.0518 e. The van der Waals surface area contributed by atoms with Gasteiger partial charge >= 0.3 is 0 Å². The molecule has 0 aliphatic carbocycles. The number of aromatic amines is 1. The highest BCUT2D eigenvalue weighted by molar-refractivity contribution is 5.79. The van der Waals surface area contributed by atoms with E-state index < -0.39 is 0 Å². The average molecular weight is 260 g/mol. The molecule has 1 heterocycles. The number of aromatic nitrogens is 1. The van der Waals surface area contributed by atoms with Crippen LogP contribution >= 0.6 is 0 Å². The first-order valence-corrected chi connectivity index (χ1v) is 7.14. The fourth-order valence-corrected chi connectivity index (χ4v) is 2.12. The van der Waals surface area contributed by atoms with E-state index in [2.05, 4.69) is 48.4 Å². The standard InChI is InChI=1S/C16H24N2O/c1-13(2)19-10-4-3-8-17-12-14-5-6-16-15(11-14)7-9-18-16/h5-7,9,11,13,17-18H,3-4,8,10,12H2,1-2H3. The molecule has 3 nitrogen and oxygen atoms in total. The molecular weight excluding hydrogens is 236 g/mol. The molecule has 19 heavy (non-hydrogen) atoms. The van der Waals surface area contributed by atoms with Crippen molar-refractivity contribution in [2.24, 2.45) is 0 Å². The zero-order valence-corrected chi connectivity index (χ0v) is 11.9. The number of ether oxygens (including phenoxy) is 1. The lowest BCUT2D eigenvalue weighted by molar-refractivity contribution is 0.0760. The van der Waals surface area contributed by atoms with Gasteiger partial charge in [-0.1, -0.05) is 6.07 Å². The summed E-state index contributed by atoms with van der Waals surface area (Å²) in [5.74, 6) is 0. The van der Waals surface area contributed by atoms with E-state index in [-0.39, 0.29) is 0 Å². The number of unbranched alkanes of at least 4 members (excludes halogenated alkanes) is 1. The minimum absolute atomic E-state index is 0.348. The molecule has 1 aromatic heterocycles. The number of hydrogen-bond donors (Lipinski definition) is 2. The molecule has 0 atom stereocenters. The monoisotopic (exact) mass is 260 g/mol. The van der Waals surface area contributed by atoms with Gasteiger partial charge in [0.15, 0.2) is 0 Å². The normalized spacial score (nSPS) is 11.5. The Morgan fingerprint density at radius 2 is 2.11 bits per heavy atom. The molecule has 104 valence electrons. The average Bonchev–Trinajstić information content (AvgIpc) is 2.84. The molecule has 2 N–H and O–H groups in total. The Labute approximate surface area is 115 Å². The fraction of sp³-hybridized carbons (Fsp3) is 0.500. The van der Waals surface area contributed by atoms with Gasteiger partial charge in [-0.25, -0.2) is 0 Å². The van der Waals surface area contributed by atoms with Crippen molar-refractivity contribution in [3.63, 3.8) is 0 Å². The highest BCUT2D eigenvalue weighted by Crippen LogP contribution is 2.13. The number of nitrogens with one attached hydrogen (secondary N) is 2. The van der Waals surface area contributed by atoms with Crippen molar-refractivity contribution in [1.29, 1.82) is 0 Å². The molecule has 0 aliphatic rings. The lowest BCUT2D eigenvalue weighted by Gasteiger charge is -2.08. The zero-order valence-electron chi connectivity index (χ0n) is 11.9. The van der Waals surface area contributed by atoms with E-state index in [0.717, 1.165) is 26.1 Å². The second kappa shape index (κ2) is 7.31. The van der Waals surface area contributed by atoms with Gasteiger partial charge in [0, 0.05) is 24.9 Å². The molecule has 0 radical (unpaired) electrons. The Kier molecular flexibility index (Phi) is 5.43. The van der Waals surface area contributed by atoms with Crippen molar-refractivity contribution in [2.45, 2.75) is 39.3 Å². The van der Waals surface area contributed by atoms with Crippen molar-refractivity contribution < 1.29 is 4.74 Å². The lowest BCUT2D eigenvalue weighted by atomic mass is 10.1. The second-order valence-electron chi connectivity index (χ2n) is 5.20. The largest absolute Gasteiger partial charge is 0.379 e. The van der Waals surface area contributed by atoms with Gasteiger partial charge in [0.2, 0.25) is 0 Å². The van der Waals surface area contributed by atoms with Gasteiger partial charge in [0.25, 0.3) is 0 Å². The molecular formula is C16H24N2O. The third kappa shape index (κ3) is 4.69. The molecule has 0 saturated heterocycles. The quantitative estimate of drug-likeness (QED) is 0.713. The summed E-state index contributed by atoms with van der Waals surface area (Å²) in [5, 5.41) is 4.76. The predicted octanol–water partition coefficient (Wildman–Crippen LogP) is 3.46. The SMILES string of the molecule is CC(C)OCCCCNCc1ccc2[nH]ccc2c1. The predicted molar refractivity (Wildman–Crippen MR) is 80.3 cm³/mol. The summed E-state index contributed by atoms with van der Waals surface area (Å²) in [6.45, 7) is 7.01. The maximum absolute atomic E-state index is 5.51. The van der Waals surface area contributed by atoms with Crippen LogP contribution in [0.3, 0.4) is 0 Å². The summed E-state index contributed by atoms with van der Waals surface area (Å²) >= 11 is 0. The van der Waals surface area contributed by atoms with Crippen LogP contribution in [0.15, 0.2) is 30.5 Å². The lowest BCUT2D eigenvalue weighted by Crippen LogP contribution is -2.15. The fourth-order valence-electron chi connectivity index (χ4n) is 2.12. The molecule has 0 unspecified atom stereocenters. The summed E-state index contributed by atoms with van der Waals surface area (Å²) in [7, 11) is 0. The summed E-state index contributed by atoms with van der Waals surface area (Å²) in [5.41, 5.74) is 2.54. The van der Waals surface area contributed by atoms with Crippen LogP contribution in [0.2, 0.25) is 0 Å². The summed E-state index contributed by atoms with van der Waals surface area (Å²) in [6.07, 6.45) is 4.62. The zero-order chi connectivity index (χ0) is 13.5. The number of H-pyrrole nitrogens is 1. The molecule has 1 aromatic carbocycles. The second-order valence-corrected chi connectivity index (χ2v) is 5.20. The van der Waals surface area contributed by atoms with E-state index >= 15 is 0 Å². The first kappa shape index (κ1) is 14.1. The molecule has 0 aliphatic heterocycles. The van der Waals surface area contributed by atoms with Crippen molar-refractivity contribution in [3.05, 3.63) is 36.0 Å². The molecule has 0 spiro atoms. The summed E-state index contributed by atoms with van der Waals surface area (Å²) in [4.78, 5) is 3.21. The van der Waals surface area contributed by atoms with Gasteiger partial charge in [-0.3, -0.25) is 0 Å². The van der Waals surface area contributed by atoms with E-state index in [0.29, 0.717) is 6.10 Å². The minimum Gasteiger partial charge on any atom is -0.379 e. The Bertz CT molecular complexity index is 490. The van der Waals surface area contributed by atoms with Crippen LogP contribution in [-0.4, -0.2) is 24.2 Å². The van der Waals surface area contributed by atoms with Gasteiger partial charge in [0.05, 0.1) is 6.10 Å². The third-order valence-electron chi connectivity index (χ3n) is 3.15. The highest BCUT2D eigenvalue weighted by atomic mass is 16.5. The minimum atomic E-state index is 0.348. The maximum Gasteiger partial charge on any atom is 0.0518 e. The first-order chi connectivity index (χ1) is 9.25. The Morgan fingerprint density at radius 3 is 2.95 bits per heavy atom. The topological polar surface area (TPSA) is 37.0 Å². The number of rotatable bonds is 8. The third-order valence-corrected chi connectivity index (χ3v) is 3.15.